The summed E-state index contributed by atoms with van der Waals surface area (Å²) in [6.07, 6.45) is 3.39. The summed E-state index contributed by atoms with van der Waals surface area (Å²) >= 11 is 12.2. The number of halogens is 2. The molecule has 34 heavy (non-hydrogen) atoms. The van der Waals surface area contributed by atoms with Crippen LogP contribution in [0.25, 0.3) is 11.4 Å². The molecule has 0 radical (unpaired) electrons. The SMILES string of the molecule is O=C(c1cnn(Cc2ccccc2Cl)c1)N1CCN(Cc2nc(-c3ccc(Cl)cc3)no2)CC1. The van der Waals surface area contributed by atoms with Crippen molar-refractivity contribution in [2.24, 2.45) is 0 Å². The van der Waals surface area contributed by atoms with E-state index in [9.17, 15) is 4.79 Å². The van der Waals surface area contributed by atoms with Crippen molar-refractivity contribution < 1.29 is 9.32 Å². The lowest BCUT2D eigenvalue weighted by Gasteiger charge is -2.33. The minimum absolute atomic E-state index is 0.0205. The van der Waals surface area contributed by atoms with E-state index in [1.807, 2.05) is 41.3 Å². The first-order valence-electron chi connectivity index (χ1n) is 10.9. The number of aromatic nitrogens is 4. The standard InChI is InChI=1S/C24H22Cl2N6O2/c25-20-7-5-17(6-8-20)23-28-22(34-29-23)16-30-9-11-31(12-10-30)24(33)19-13-27-32(15-19)14-18-3-1-2-4-21(18)26/h1-8,13,15H,9-12,14,16H2. The van der Waals surface area contributed by atoms with E-state index in [0.29, 0.717) is 53.5 Å². The van der Waals surface area contributed by atoms with E-state index in [1.54, 1.807) is 29.2 Å². The zero-order chi connectivity index (χ0) is 23.5. The molecule has 1 aliphatic rings. The third-order valence-electron chi connectivity index (χ3n) is 5.76. The van der Waals surface area contributed by atoms with Crippen LogP contribution in [0.15, 0.2) is 65.4 Å². The van der Waals surface area contributed by atoms with Crippen LogP contribution in [0.4, 0.5) is 0 Å². The number of hydrogen-bond donors (Lipinski definition) is 0. The number of amides is 1. The first-order valence-corrected chi connectivity index (χ1v) is 11.7. The van der Waals surface area contributed by atoms with E-state index in [2.05, 4.69) is 20.1 Å². The number of rotatable bonds is 6. The van der Waals surface area contributed by atoms with Gasteiger partial charge in [0.1, 0.15) is 0 Å². The molecule has 0 unspecified atom stereocenters. The van der Waals surface area contributed by atoms with Crippen molar-refractivity contribution in [1.82, 2.24) is 29.7 Å². The highest BCUT2D eigenvalue weighted by Crippen LogP contribution is 2.20. The van der Waals surface area contributed by atoms with Gasteiger partial charge in [-0.1, -0.05) is 46.6 Å². The van der Waals surface area contributed by atoms with Gasteiger partial charge in [-0.15, -0.1) is 0 Å². The van der Waals surface area contributed by atoms with Crippen LogP contribution in [-0.4, -0.2) is 61.8 Å². The fourth-order valence-corrected chi connectivity index (χ4v) is 4.20. The molecule has 174 valence electrons. The Morgan fingerprint density at radius 3 is 2.50 bits per heavy atom. The lowest BCUT2D eigenvalue weighted by Crippen LogP contribution is -2.48. The molecule has 1 aliphatic heterocycles. The molecule has 1 fully saturated rings. The molecule has 3 heterocycles. The van der Waals surface area contributed by atoms with Crippen molar-refractivity contribution in [3.63, 3.8) is 0 Å². The maximum atomic E-state index is 13.0. The van der Waals surface area contributed by atoms with E-state index in [1.165, 1.54) is 0 Å². The fraction of sp³-hybridized carbons (Fsp3) is 0.250. The van der Waals surface area contributed by atoms with Crippen molar-refractivity contribution in [3.05, 3.63) is 88.0 Å². The number of benzene rings is 2. The van der Waals surface area contributed by atoms with Gasteiger partial charge in [-0.05, 0) is 35.9 Å². The summed E-state index contributed by atoms with van der Waals surface area (Å²) in [5.41, 5.74) is 2.38. The van der Waals surface area contributed by atoms with Crippen LogP contribution in [0.1, 0.15) is 21.8 Å². The first-order chi connectivity index (χ1) is 16.5. The largest absolute Gasteiger partial charge is 0.338 e. The molecule has 5 rings (SSSR count). The minimum Gasteiger partial charge on any atom is -0.338 e. The van der Waals surface area contributed by atoms with Crippen LogP contribution < -0.4 is 0 Å². The smallest absolute Gasteiger partial charge is 0.257 e. The van der Waals surface area contributed by atoms with Gasteiger partial charge in [0.05, 0.1) is 24.8 Å². The van der Waals surface area contributed by atoms with Crippen LogP contribution >= 0.6 is 23.2 Å². The molecule has 8 nitrogen and oxygen atoms in total. The van der Waals surface area contributed by atoms with E-state index < -0.39 is 0 Å². The van der Waals surface area contributed by atoms with Crippen LogP contribution in [0.3, 0.4) is 0 Å². The normalized spacial score (nSPS) is 14.5. The topological polar surface area (TPSA) is 80.3 Å². The third-order valence-corrected chi connectivity index (χ3v) is 6.38. The van der Waals surface area contributed by atoms with E-state index in [-0.39, 0.29) is 5.91 Å². The molecule has 1 saturated heterocycles. The molecule has 0 saturated carbocycles. The molecule has 2 aromatic heterocycles. The van der Waals surface area contributed by atoms with E-state index in [0.717, 1.165) is 24.2 Å². The second kappa shape index (κ2) is 9.97. The zero-order valence-electron chi connectivity index (χ0n) is 18.3. The quantitative estimate of drug-likeness (QED) is 0.397. The van der Waals surface area contributed by atoms with Gasteiger partial charge in [0.15, 0.2) is 0 Å². The molecule has 10 heteroatoms. The monoisotopic (exact) mass is 496 g/mol. The van der Waals surface area contributed by atoms with Crippen LogP contribution in [0, 0.1) is 0 Å². The number of carbonyl (C=O) groups is 1. The highest BCUT2D eigenvalue weighted by atomic mass is 35.5. The Balaban J connectivity index is 1.14. The average molecular weight is 497 g/mol. The zero-order valence-corrected chi connectivity index (χ0v) is 19.8. The Morgan fingerprint density at radius 1 is 0.971 bits per heavy atom. The number of nitrogens with zero attached hydrogens (tertiary/aromatic N) is 6. The highest BCUT2D eigenvalue weighted by molar-refractivity contribution is 6.31. The summed E-state index contributed by atoms with van der Waals surface area (Å²) in [6.45, 7) is 3.73. The lowest BCUT2D eigenvalue weighted by atomic mass is 10.2. The first kappa shape index (κ1) is 22.6. The molecule has 2 aromatic carbocycles. The summed E-state index contributed by atoms with van der Waals surface area (Å²) in [4.78, 5) is 21.5. The molecule has 0 atom stereocenters. The van der Waals surface area contributed by atoms with Gasteiger partial charge in [-0.3, -0.25) is 14.4 Å². The predicted molar refractivity (Wildman–Crippen MR) is 129 cm³/mol. The molecule has 0 aliphatic carbocycles. The Morgan fingerprint density at radius 2 is 1.74 bits per heavy atom. The molecule has 1 amide bonds. The van der Waals surface area contributed by atoms with Crippen molar-refractivity contribution in [3.8, 4) is 11.4 Å². The van der Waals surface area contributed by atoms with Crippen LogP contribution in [0.5, 0.6) is 0 Å². The van der Waals surface area contributed by atoms with Crippen molar-refractivity contribution in [2.45, 2.75) is 13.1 Å². The lowest BCUT2D eigenvalue weighted by molar-refractivity contribution is 0.0615. The molecule has 4 aromatic rings. The van der Waals surface area contributed by atoms with Gasteiger partial charge in [-0.2, -0.15) is 10.1 Å². The summed E-state index contributed by atoms with van der Waals surface area (Å²) in [7, 11) is 0. The van der Waals surface area contributed by atoms with Gasteiger partial charge in [-0.25, -0.2) is 0 Å². The molecular weight excluding hydrogens is 475 g/mol. The highest BCUT2D eigenvalue weighted by Gasteiger charge is 2.24. The average Bonchev–Trinajstić information content (AvgIpc) is 3.51. The maximum absolute atomic E-state index is 13.0. The number of carbonyl (C=O) groups excluding carboxylic acids is 1. The predicted octanol–water partition coefficient (Wildman–Crippen LogP) is 4.25. The van der Waals surface area contributed by atoms with Crippen LogP contribution in [0.2, 0.25) is 10.0 Å². The third kappa shape index (κ3) is 5.14. The Kier molecular flexibility index (Phi) is 6.62. The van der Waals surface area contributed by atoms with Crippen molar-refractivity contribution >= 4 is 29.1 Å². The van der Waals surface area contributed by atoms with Crippen molar-refractivity contribution in [1.29, 1.82) is 0 Å². The molecule has 0 bridgehead atoms. The van der Waals surface area contributed by atoms with Crippen LogP contribution in [-0.2, 0) is 13.1 Å². The van der Waals surface area contributed by atoms with Gasteiger partial charge >= 0.3 is 0 Å². The number of hydrogen-bond acceptors (Lipinski definition) is 6. The van der Waals surface area contributed by atoms with Gasteiger partial charge in [0.25, 0.3) is 5.91 Å². The molecule has 0 spiro atoms. The second-order valence-electron chi connectivity index (χ2n) is 8.10. The van der Waals surface area contributed by atoms with Crippen molar-refractivity contribution in [2.75, 3.05) is 26.2 Å². The van der Waals surface area contributed by atoms with E-state index in [4.69, 9.17) is 27.7 Å². The molecule has 0 N–H and O–H groups in total. The van der Waals surface area contributed by atoms with Gasteiger partial charge in [0, 0.05) is 48.0 Å². The van der Waals surface area contributed by atoms with Gasteiger partial charge < -0.3 is 9.42 Å². The summed E-state index contributed by atoms with van der Waals surface area (Å²) in [5.74, 6) is 1.06. The maximum Gasteiger partial charge on any atom is 0.257 e. The Hall–Kier alpha value is -3.20. The van der Waals surface area contributed by atoms with Gasteiger partial charge in [0.2, 0.25) is 11.7 Å². The fourth-order valence-electron chi connectivity index (χ4n) is 3.88. The Labute approximate surface area is 206 Å². The summed E-state index contributed by atoms with van der Waals surface area (Å²) < 4.78 is 7.15. The minimum atomic E-state index is -0.0205. The molecular formula is C24H22Cl2N6O2. The number of piperazine rings is 1. The van der Waals surface area contributed by atoms with E-state index >= 15 is 0 Å². The summed E-state index contributed by atoms with van der Waals surface area (Å²) in [6, 6.07) is 14.9. The second-order valence-corrected chi connectivity index (χ2v) is 8.95. The Bertz CT molecular complexity index is 1280. The summed E-state index contributed by atoms with van der Waals surface area (Å²) in [5, 5.41) is 9.74.